The Labute approximate surface area is 135 Å². The van der Waals surface area contributed by atoms with Gasteiger partial charge in [-0.1, -0.05) is 19.4 Å². The van der Waals surface area contributed by atoms with Gasteiger partial charge in [-0.05, 0) is 24.6 Å². The van der Waals surface area contributed by atoms with Gasteiger partial charge >= 0.3 is 5.97 Å². The molecular weight excluding hydrogens is 300 g/mol. The van der Waals surface area contributed by atoms with Gasteiger partial charge in [0.15, 0.2) is 6.61 Å². The molecular formula is C16H22N2O5. The Kier molecular flexibility index (Phi) is 8.20. The molecule has 126 valence electrons. The maximum Gasteiger partial charge on any atom is 0.341 e. The summed E-state index contributed by atoms with van der Waals surface area (Å²) in [6.45, 7) is 2.23. The zero-order valence-corrected chi connectivity index (χ0v) is 13.1. The monoisotopic (exact) mass is 322 g/mol. The predicted octanol–water partition coefficient (Wildman–Crippen LogP) is 1.19. The van der Waals surface area contributed by atoms with Crippen LogP contribution in [0.3, 0.4) is 0 Å². The Bertz CT molecular complexity index is 545. The summed E-state index contributed by atoms with van der Waals surface area (Å²) in [7, 11) is 0. The van der Waals surface area contributed by atoms with Crippen molar-refractivity contribution < 1.29 is 24.2 Å². The third-order valence-electron chi connectivity index (χ3n) is 2.95. The van der Waals surface area contributed by atoms with Crippen molar-refractivity contribution in [1.82, 2.24) is 10.6 Å². The lowest BCUT2D eigenvalue weighted by Gasteiger charge is -2.08. The first-order valence-electron chi connectivity index (χ1n) is 7.52. The summed E-state index contributed by atoms with van der Waals surface area (Å²) in [4.78, 5) is 33.8. The molecule has 0 bridgehead atoms. The number of nitrogens with one attached hydrogen (secondary N) is 2. The number of amides is 2. The lowest BCUT2D eigenvalue weighted by molar-refractivity contribution is -0.139. The highest BCUT2D eigenvalue weighted by molar-refractivity contribution is 5.94. The number of rotatable bonds is 10. The summed E-state index contributed by atoms with van der Waals surface area (Å²) >= 11 is 0. The molecule has 7 nitrogen and oxygen atoms in total. The van der Waals surface area contributed by atoms with E-state index in [-0.39, 0.29) is 11.8 Å². The van der Waals surface area contributed by atoms with Gasteiger partial charge in [0.2, 0.25) is 5.91 Å². The second kappa shape index (κ2) is 10.2. The standard InChI is InChI=1S/C16H22N2O5/c1-2-3-7-14(19)17-8-9-18-16(22)12-5-4-6-13(10-12)23-11-15(20)21/h4-6,10H,2-3,7-9,11H2,1H3,(H,17,19)(H,18,22)(H,20,21). The van der Waals surface area contributed by atoms with Gasteiger partial charge in [0, 0.05) is 25.1 Å². The Hall–Kier alpha value is -2.57. The molecule has 0 unspecified atom stereocenters. The molecule has 1 rings (SSSR count). The first-order valence-corrected chi connectivity index (χ1v) is 7.52. The van der Waals surface area contributed by atoms with Gasteiger partial charge in [-0.15, -0.1) is 0 Å². The predicted molar refractivity (Wildman–Crippen MR) is 84.4 cm³/mol. The van der Waals surface area contributed by atoms with Crippen molar-refractivity contribution in [2.45, 2.75) is 26.2 Å². The van der Waals surface area contributed by atoms with Gasteiger partial charge in [-0.25, -0.2) is 4.79 Å². The van der Waals surface area contributed by atoms with Gasteiger partial charge in [0.25, 0.3) is 5.91 Å². The highest BCUT2D eigenvalue weighted by Gasteiger charge is 2.07. The Morgan fingerprint density at radius 3 is 2.61 bits per heavy atom. The number of benzene rings is 1. The normalized spacial score (nSPS) is 9.96. The first kappa shape index (κ1) is 18.5. The van der Waals surface area contributed by atoms with E-state index in [2.05, 4.69) is 10.6 Å². The first-order chi connectivity index (χ1) is 11.0. The summed E-state index contributed by atoms with van der Waals surface area (Å²) in [6.07, 6.45) is 2.30. The van der Waals surface area contributed by atoms with Crippen LogP contribution in [0.4, 0.5) is 0 Å². The molecule has 1 aromatic carbocycles. The number of aliphatic carboxylic acids is 1. The summed E-state index contributed by atoms with van der Waals surface area (Å²) < 4.78 is 5.02. The van der Waals surface area contributed by atoms with Crippen LogP contribution >= 0.6 is 0 Å². The number of carbonyl (C=O) groups is 3. The second-order valence-corrected chi connectivity index (χ2v) is 4.92. The van der Waals surface area contributed by atoms with E-state index in [9.17, 15) is 14.4 Å². The molecule has 0 aliphatic rings. The van der Waals surface area contributed by atoms with Crippen LogP contribution in [0.2, 0.25) is 0 Å². The van der Waals surface area contributed by atoms with Crippen LogP contribution in [0.15, 0.2) is 24.3 Å². The fourth-order valence-corrected chi connectivity index (χ4v) is 1.78. The molecule has 0 aliphatic heterocycles. The highest BCUT2D eigenvalue weighted by Crippen LogP contribution is 2.13. The number of carboxylic acid groups (broad SMARTS) is 1. The van der Waals surface area contributed by atoms with E-state index in [0.717, 1.165) is 12.8 Å². The fraction of sp³-hybridized carbons (Fsp3) is 0.438. The van der Waals surface area contributed by atoms with E-state index in [0.29, 0.717) is 30.8 Å². The smallest absolute Gasteiger partial charge is 0.341 e. The average molecular weight is 322 g/mol. The van der Waals surface area contributed by atoms with Crippen molar-refractivity contribution in [3.8, 4) is 5.75 Å². The molecule has 2 amide bonds. The Morgan fingerprint density at radius 1 is 1.17 bits per heavy atom. The minimum atomic E-state index is -1.08. The molecule has 0 radical (unpaired) electrons. The van der Waals surface area contributed by atoms with Crippen molar-refractivity contribution in [3.05, 3.63) is 29.8 Å². The third kappa shape index (κ3) is 7.85. The highest BCUT2D eigenvalue weighted by atomic mass is 16.5. The van der Waals surface area contributed by atoms with Gasteiger partial charge < -0.3 is 20.5 Å². The Balaban J connectivity index is 2.35. The number of hydrogen-bond acceptors (Lipinski definition) is 4. The van der Waals surface area contributed by atoms with E-state index in [4.69, 9.17) is 9.84 Å². The SMILES string of the molecule is CCCCC(=O)NCCNC(=O)c1cccc(OCC(=O)O)c1. The molecule has 0 spiro atoms. The van der Waals surface area contributed by atoms with Gasteiger partial charge in [-0.2, -0.15) is 0 Å². The molecule has 1 aromatic rings. The summed E-state index contributed by atoms with van der Waals surface area (Å²) in [6, 6.07) is 6.26. The number of carboxylic acids is 1. The fourth-order valence-electron chi connectivity index (χ4n) is 1.78. The van der Waals surface area contributed by atoms with E-state index < -0.39 is 12.6 Å². The van der Waals surface area contributed by atoms with Gasteiger partial charge in [0.05, 0.1) is 0 Å². The summed E-state index contributed by atoms with van der Waals surface area (Å²) in [5.41, 5.74) is 0.366. The van der Waals surface area contributed by atoms with Crippen LogP contribution < -0.4 is 15.4 Å². The van der Waals surface area contributed by atoms with Crippen LogP contribution in [0.25, 0.3) is 0 Å². The minimum Gasteiger partial charge on any atom is -0.482 e. The van der Waals surface area contributed by atoms with E-state index in [1.165, 1.54) is 6.07 Å². The molecule has 0 aromatic heterocycles. The summed E-state index contributed by atoms with van der Waals surface area (Å²) in [5, 5.41) is 14.0. The molecule has 0 fully saturated rings. The number of ether oxygens (including phenoxy) is 1. The van der Waals surface area contributed by atoms with Crippen LogP contribution in [-0.4, -0.2) is 42.6 Å². The number of hydrogen-bond donors (Lipinski definition) is 3. The Morgan fingerprint density at radius 2 is 1.91 bits per heavy atom. The van der Waals surface area contributed by atoms with Crippen molar-refractivity contribution in [2.24, 2.45) is 0 Å². The number of unbranched alkanes of at least 4 members (excludes halogenated alkanes) is 1. The average Bonchev–Trinajstić information content (AvgIpc) is 2.55. The van der Waals surface area contributed by atoms with Crippen molar-refractivity contribution in [2.75, 3.05) is 19.7 Å². The van der Waals surface area contributed by atoms with Crippen molar-refractivity contribution in [1.29, 1.82) is 0 Å². The molecule has 0 saturated carbocycles. The summed E-state index contributed by atoms with van der Waals surface area (Å²) in [5.74, 6) is -1.11. The van der Waals surface area contributed by atoms with Gasteiger partial charge in [-0.3, -0.25) is 9.59 Å². The van der Waals surface area contributed by atoms with Crippen molar-refractivity contribution in [3.63, 3.8) is 0 Å². The van der Waals surface area contributed by atoms with Crippen LogP contribution in [0.5, 0.6) is 5.75 Å². The third-order valence-corrected chi connectivity index (χ3v) is 2.95. The molecule has 3 N–H and O–H groups in total. The lowest BCUT2D eigenvalue weighted by Crippen LogP contribution is -2.34. The number of carbonyl (C=O) groups excluding carboxylic acids is 2. The van der Waals surface area contributed by atoms with Crippen LogP contribution in [-0.2, 0) is 9.59 Å². The molecule has 0 heterocycles. The van der Waals surface area contributed by atoms with E-state index in [1.807, 2.05) is 6.92 Å². The van der Waals surface area contributed by atoms with Crippen molar-refractivity contribution >= 4 is 17.8 Å². The zero-order valence-electron chi connectivity index (χ0n) is 13.1. The van der Waals surface area contributed by atoms with Crippen LogP contribution in [0, 0.1) is 0 Å². The maximum atomic E-state index is 12.0. The van der Waals surface area contributed by atoms with E-state index in [1.54, 1.807) is 18.2 Å². The maximum absolute atomic E-state index is 12.0. The lowest BCUT2D eigenvalue weighted by atomic mass is 10.2. The molecule has 23 heavy (non-hydrogen) atoms. The minimum absolute atomic E-state index is 0.0230. The van der Waals surface area contributed by atoms with Gasteiger partial charge in [0.1, 0.15) is 5.75 Å². The topological polar surface area (TPSA) is 105 Å². The molecule has 0 aliphatic carbocycles. The van der Waals surface area contributed by atoms with E-state index >= 15 is 0 Å². The second-order valence-electron chi connectivity index (χ2n) is 4.92. The van der Waals surface area contributed by atoms with Crippen LogP contribution in [0.1, 0.15) is 36.5 Å². The largest absolute Gasteiger partial charge is 0.482 e. The molecule has 0 saturated heterocycles. The quantitative estimate of drug-likeness (QED) is 0.561. The zero-order chi connectivity index (χ0) is 17.1. The molecule has 7 heteroatoms. The molecule has 0 atom stereocenters.